The fraction of sp³-hybridized carbons (Fsp3) is 0.269. The third kappa shape index (κ3) is 4.94. The number of halogens is 1. The van der Waals surface area contributed by atoms with Crippen LogP contribution in [0.2, 0.25) is 0 Å². The van der Waals surface area contributed by atoms with Crippen LogP contribution in [0.1, 0.15) is 46.7 Å². The number of hydrogen-bond acceptors (Lipinski definition) is 4. The average Bonchev–Trinajstić information content (AvgIpc) is 3.18. The van der Waals surface area contributed by atoms with Gasteiger partial charge in [0.25, 0.3) is 0 Å². The minimum atomic E-state index is -0.921. The molecule has 0 spiro atoms. The second-order valence-electron chi connectivity index (χ2n) is 8.27. The summed E-state index contributed by atoms with van der Waals surface area (Å²) < 4.78 is 19.8. The molecule has 3 aromatic carbocycles. The summed E-state index contributed by atoms with van der Waals surface area (Å²) in [4.78, 5) is 2.51. The molecule has 0 radical (unpaired) electrons. The van der Waals surface area contributed by atoms with Crippen molar-refractivity contribution < 1.29 is 14.2 Å². The number of aryl methyl sites for hydroxylation is 2. The molecule has 1 aliphatic rings. The van der Waals surface area contributed by atoms with Crippen molar-refractivity contribution in [1.29, 1.82) is 5.41 Å². The first-order chi connectivity index (χ1) is 14.9. The molecule has 1 aliphatic heterocycles. The van der Waals surface area contributed by atoms with E-state index in [2.05, 4.69) is 36.9 Å². The van der Waals surface area contributed by atoms with Crippen molar-refractivity contribution >= 4 is 5.90 Å². The van der Waals surface area contributed by atoms with Crippen LogP contribution in [-0.4, -0.2) is 17.3 Å². The molecular weight excluding hydrogens is 391 g/mol. The molecule has 0 saturated carbocycles. The van der Waals surface area contributed by atoms with Gasteiger partial charge in [-0.05, 0) is 80.1 Å². The van der Waals surface area contributed by atoms with Gasteiger partial charge in [0, 0.05) is 12.6 Å². The summed E-state index contributed by atoms with van der Waals surface area (Å²) in [5.74, 6) is -1.02. The van der Waals surface area contributed by atoms with Crippen molar-refractivity contribution in [2.75, 3.05) is 6.54 Å². The van der Waals surface area contributed by atoms with Crippen LogP contribution >= 0.6 is 0 Å². The summed E-state index contributed by atoms with van der Waals surface area (Å²) in [6.45, 7) is 6.22. The first-order valence-corrected chi connectivity index (χ1v) is 10.5. The van der Waals surface area contributed by atoms with Crippen LogP contribution in [0.4, 0.5) is 4.39 Å². The topological polar surface area (TPSA) is 59.4 Å². The average molecular weight is 418 g/mol. The maximum atomic E-state index is 14.1. The van der Waals surface area contributed by atoms with E-state index in [-0.39, 0.29) is 11.3 Å². The molecule has 0 aromatic heterocycles. The summed E-state index contributed by atoms with van der Waals surface area (Å²) in [5.41, 5.74) is 5.18. The van der Waals surface area contributed by atoms with E-state index in [1.807, 2.05) is 24.3 Å². The quantitative estimate of drug-likeness (QED) is 0.440. The lowest BCUT2D eigenvalue weighted by Crippen LogP contribution is -2.22. The highest BCUT2D eigenvalue weighted by Gasteiger charge is 2.26. The van der Waals surface area contributed by atoms with Gasteiger partial charge in [-0.15, -0.1) is 0 Å². The van der Waals surface area contributed by atoms with Gasteiger partial charge in [0.2, 0.25) is 0 Å². The van der Waals surface area contributed by atoms with Crippen LogP contribution < -0.4 is 9.84 Å². The predicted molar refractivity (Wildman–Crippen MR) is 118 cm³/mol. The van der Waals surface area contributed by atoms with Gasteiger partial charge in [-0.25, -0.2) is 4.39 Å². The smallest absolute Gasteiger partial charge is 0.166 e. The monoisotopic (exact) mass is 417 g/mol. The highest BCUT2D eigenvalue weighted by Crippen LogP contribution is 2.34. The van der Waals surface area contributed by atoms with Gasteiger partial charge in [0.05, 0.1) is 0 Å². The fourth-order valence-corrected chi connectivity index (χ4v) is 4.34. The van der Waals surface area contributed by atoms with E-state index in [0.29, 0.717) is 11.8 Å². The van der Waals surface area contributed by atoms with E-state index in [0.717, 1.165) is 19.2 Å². The standard InChI is InChI=1S/C26H27FN2O2/c1-17-12-18(2)14-21(13-17)24-4-3-11-29(24)16-19-5-8-22(9-6-19)31-25-10-7-20(26(28)30)15-23(25)27/h5-10,12-15,24H,3-4,11,16H2,1-2H3,(H2,28,30)/p-1. The Hall–Kier alpha value is -3.18. The molecule has 1 atom stereocenters. The van der Waals surface area contributed by atoms with E-state index in [9.17, 15) is 9.50 Å². The zero-order valence-electron chi connectivity index (χ0n) is 17.8. The number of likely N-dealkylation sites (tertiary alicyclic amines) is 1. The molecule has 1 heterocycles. The second-order valence-corrected chi connectivity index (χ2v) is 8.27. The molecule has 0 bridgehead atoms. The van der Waals surface area contributed by atoms with Gasteiger partial charge < -0.3 is 15.3 Å². The fourth-order valence-electron chi connectivity index (χ4n) is 4.34. The Morgan fingerprint density at radius 3 is 2.42 bits per heavy atom. The molecule has 5 heteroatoms. The molecule has 31 heavy (non-hydrogen) atoms. The van der Waals surface area contributed by atoms with E-state index >= 15 is 0 Å². The molecule has 3 aromatic rings. The summed E-state index contributed by atoms with van der Waals surface area (Å²) >= 11 is 0. The maximum Gasteiger partial charge on any atom is 0.166 e. The predicted octanol–water partition coefficient (Wildman–Crippen LogP) is 5.26. The molecule has 1 unspecified atom stereocenters. The first kappa shape index (κ1) is 21.1. The van der Waals surface area contributed by atoms with E-state index in [1.54, 1.807) is 0 Å². The summed E-state index contributed by atoms with van der Waals surface area (Å²) in [6, 6.07) is 18.7. The number of benzene rings is 3. The molecule has 1 N–H and O–H groups in total. The highest BCUT2D eigenvalue weighted by molar-refractivity contribution is 5.88. The van der Waals surface area contributed by atoms with Gasteiger partial charge in [-0.2, -0.15) is 0 Å². The molecule has 4 rings (SSSR count). The van der Waals surface area contributed by atoms with Crippen LogP contribution in [0.5, 0.6) is 11.5 Å². The van der Waals surface area contributed by atoms with Gasteiger partial charge in [-0.3, -0.25) is 4.90 Å². The van der Waals surface area contributed by atoms with Crippen LogP contribution in [0.15, 0.2) is 60.7 Å². The molecular formula is C26H26FN2O2-. The SMILES string of the molecule is Cc1cc(C)cc(C2CCCN2Cc2ccc(Oc3ccc(C(=N)[O-])cc3F)cc2)c1. The van der Waals surface area contributed by atoms with E-state index in [1.165, 1.54) is 47.2 Å². The zero-order valence-corrected chi connectivity index (χ0v) is 17.8. The Morgan fingerprint density at radius 1 is 1.06 bits per heavy atom. The summed E-state index contributed by atoms with van der Waals surface area (Å²) in [6.07, 6.45) is 2.36. The number of nitrogens with zero attached hydrogens (tertiary/aromatic N) is 1. The van der Waals surface area contributed by atoms with E-state index < -0.39 is 11.7 Å². The van der Waals surface area contributed by atoms with Crippen molar-refractivity contribution in [1.82, 2.24) is 4.90 Å². The van der Waals surface area contributed by atoms with Crippen molar-refractivity contribution in [2.45, 2.75) is 39.3 Å². The number of nitrogens with one attached hydrogen (secondary N) is 1. The lowest BCUT2D eigenvalue weighted by atomic mass is 9.99. The van der Waals surface area contributed by atoms with Crippen LogP contribution in [0.3, 0.4) is 0 Å². The Bertz CT molecular complexity index is 1070. The van der Waals surface area contributed by atoms with Gasteiger partial charge >= 0.3 is 0 Å². The minimum absolute atomic E-state index is 0.00386. The molecule has 0 amide bonds. The lowest BCUT2D eigenvalue weighted by molar-refractivity contribution is -0.214. The van der Waals surface area contributed by atoms with Crippen molar-refractivity contribution in [3.05, 3.63) is 94.3 Å². The number of ether oxygens (including phenoxy) is 1. The van der Waals surface area contributed by atoms with Crippen LogP contribution in [0, 0.1) is 25.1 Å². The van der Waals surface area contributed by atoms with Crippen molar-refractivity contribution in [3.8, 4) is 11.5 Å². The van der Waals surface area contributed by atoms with Crippen molar-refractivity contribution in [2.24, 2.45) is 0 Å². The first-order valence-electron chi connectivity index (χ1n) is 10.5. The molecule has 160 valence electrons. The number of rotatable bonds is 6. The van der Waals surface area contributed by atoms with Gasteiger partial charge in [-0.1, -0.05) is 47.5 Å². The maximum absolute atomic E-state index is 14.1. The third-order valence-electron chi connectivity index (χ3n) is 5.72. The molecule has 0 aliphatic carbocycles. The Balaban J connectivity index is 1.44. The van der Waals surface area contributed by atoms with E-state index in [4.69, 9.17) is 10.1 Å². The van der Waals surface area contributed by atoms with Gasteiger partial charge in [0.1, 0.15) is 5.75 Å². The highest BCUT2D eigenvalue weighted by atomic mass is 19.1. The number of hydrogen-bond donors (Lipinski definition) is 1. The van der Waals surface area contributed by atoms with Crippen LogP contribution in [0.25, 0.3) is 0 Å². The van der Waals surface area contributed by atoms with Crippen molar-refractivity contribution in [3.63, 3.8) is 0 Å². The molecule has 1 saturated heterocycles. The normalized spacial score (nSPS) is 16.4. The Morgan fingerprint density at radius 2 is 1.77 bits per heavy atom. The van der Waals surface area contributed by atoms with Gasteiger partial charge in [0.15, 0.2) is 11.6 Å². The largest absolute Gasteiger partial charge is 0.859 e. The second kappa shape index (κ2) is 8.90. The summed E-state index contributed by atoms with van der Waals surface area (Å²) in [5, 5.41) is 18.1. The summed E-state index contributed by atoms with van der Waals surface area (Å²) in [7, 11) is 0. The molecule has 4 nitrogen and oxygen atoms in total. The Labute approximate surface area is 182 Å². The third-order valence-corrected chi connectivity index (χ3v) is 5.72. The zero-order chi connectivity index (χ0) is 22.0. The lowest BCUT2D eigenvalue weighted by Gasteiger charge is -2.25. The van der Waals surface area contributed by atoms with Crippen LogP contribution in [-0.2, 0) is 6.54 Å². The Kier molecular flexibility index (Phi) is 6.05. The molecule has 1 fully saturated rings. The minimum Gasteiger partial charge on any atom is -0.859 e.